The van der Waals surface area contributed by atoms with Gasteiger partial charge in [-0.05, 0) is 27.4 Å². The minimum Gasteiger partial charge on any atom is -0.355 e. The second-order valence-electron chi connectivity index (χ2n) is 4.69. The zero-order valence-electron chi connectivity index (χ0n) is 10.6. The molecule has 1 aliphatic rings. The molecule has 6 nitrogen and oxygen atoms in total. The lowest BCUT2D eigenvalue weighted by Gasteiger charge is -2.21. The van der Waals surface area contributed by atoms with Crippen LogP contribution in [0.25, 0.3) is 0 Å². The fourth-order valence-corrected chi connectivity index (χ4v) is 2.15. The minimum atomic E-state index is 0.480. The molecule has 1 unspecified atom stereocenters. The predicted molar refractivity (Wildman–Crippen MR) is 68.9 cm³/mol. The Balaban J connectivity index is 2.15. The third-order valence-corrected chi connectivity index (χ3v) is 3.19. The van der Waals surface area contributed by atoms with Crippen molar-refractivity contribution >= 4 is 11.8 Å². The van der Waals surface area contributed by atoms with Crippen LogP contribution >= 0.6 is 0 Å². The summed E-state index contributed by atoms with van der Waals surface area (Å²) in [6.07, 6.45) is 1.17. The standard InChI is InChI=1S/C11H20N6/c1-8-6-10(14-11(13-8)15-12)17-5-4-9(7-17)16(2)3/h6,9H,4-5,7,12H2,1-3H3,(H,13,14,15). The van der Waals surface area contributed by atoms with Crippen molar-refractivity contribution in [3.05, 3.63) is 11.8 Å². The lowest BCUT2D eigenvalue weighted by Crippen LogP contribution is -2.31. The van der Waals surface area contributed by atoms with Gasteiger partial charge in [0.1, 0.15) is 5.82 Å². The van der Waals surface area contributed by atoms with Crippen LogP contribution in [-0.4, -0.2) is 48.1 Å². The molecule has 1 aromatic heterocycles. The van der Waals surface area contributed by atoms with E-state index in [2.05, 4.69) is 39.3 Å². The first-order valence-corrected chi connectivity index (χ1v) is 5.84. The number of nitrogens with two attached hydrogens (primary N) is 1. The molecule has 94 valence electrons. The highest BCUT2D eigenvalue weighted by atomic mass is 15.3. The number of nitrogen functional groups attached to an aromatic ring is 1. The highest BCUT2D eigenvalue weighted by molar-refractivity contribution is 5.45. The maximum Gasteiger partial charge on any atom is 0.239 e. The summed E-state index contributed by atoms with van der Waals surface area (Å²) < 4.78 is 0. The van der Waals surface area contributed by atoms with Crippen molar-refractivity contribution in [1.82, 2.24) is 14.9 Å². The molecule has 6 heteroatoms. The Kier molecular flexibility index (Phi) is 3.44. The average molecular weight is 236 g/mol. The summed E-state index contributed by atoms with van der Waals surface area (Å²) in [5.41, 5.74) is 3.43. The monoisotopic (exact) mass is 236 g/mol. The van der Waals surface area contributed by atoms with Gasteiger partial charge in [0.25, 0.3) is 0 Å². The summed E-state index contributed by atoms with van der Waals surface area (Å²) in [6, 6.07) is 2.60. The number of anilines is 2. The number of hydrogen-bond acceptors (Lipinski definition) is 6. The van der Waals surface area contributed by atoms with E-state index in [4.69, 9.17) is 5.84 Å². The molecule has 2 rings (SSSR count). The van der Waals surface area contributed by atoms with Gasteiger partial charge in [-0.15, -0.1) is 0 Å². The second-order valence-corrected chi connectivity index (χ2v) is 4.69. The number of nitrogens with zero attached hydrogens (tertiary/aromatic N) is 4. The Labute approximate surface area is 102 Å². The zero-order valence-corrected chi connectivity index (χ0v) is 10.6. The van der Waals surface area contributed by atoms with Gasteiger partial charge in [0.15, 0.2) is 0 Å². The van der Waals surface area contributed by atoms with E-state index in [1.165, 1.54) is 6.42 Å². The van der Waals surface area contributed by atoms with Gasteiger partial charge in [-0.25, -0.2) is 10.8 Å². The molecule has 1 fully saturated rings. The molecular weight excluding hydrogens is 216 g/mol. The van der Waals surface area contributed by atoms with E-state index in [1.807, 2.05) is 13.0 Å². The van der Waals surface area contributed by atoms with E-state index in [-0.39, 0.29) is 0 Å². The Morgan fingerprint density at radius 2 is 2.24 bits per heavy atom. The summed E-state index contributed by atoms with van der Waals surface area (Å²) in [5, 5.41) is 0. The molecule has 3 N–H and O–H groups in total. The van der Waals surface area contributed by atoms with Crippen LogP contribution in [0.3, 0.4) is 0 Å². The van der Waals surface area contributed by atoms with E-state index < -0.39 is 0 Å². The Bertz CT molecular complexity index is 392. The van der Waals surface area contributed by atoms with Crippen molar-refractivity contribution in [2.75, 3.05) is 37.5 Å². The topological polar surface area (TPSA) is 70.3 Å². The summed E-state index contributed by atoms with van der Waals surface area (Å²) in [7, 11) is 4.23. The Morgan fingerprint density at radius 3 is 2.82 bits per heavy atom. The molecule has 1 aliphatic heterocycles. The third kappa shape index (κ3) is 2.65. The van der Waals surface area contributed by atoms with Crippen molar-refractivity contribution < 1.29 is 0 Å². The molecule has 17 heavy (non-hydrogen) atoms. The lowest BCUT2D eigenvalue weighted by atomic mass is 10.2. The van der Waals surface area contributed by atoms with E-state index in [0.29, 0.717) is 12.0 Å². The van der Waals surface area contributed by atoms with Crippen LogP contribution in [0.4, 0.5) is 11.8 Å². The van der Waals surface area contributed by atoms with E-state index in [0.717, 1.165) is 24.6 Å². The molecule has 1 aromatic rings. The Hall–Kier alpha value is -1.40. The summed E-state index contributed by atoms with van der Waals surface area (Å²) in [5.74, 6) is 6.79. The SMILES string of the molecule is Cc1cc(N2CCC(N(C)C)C2)nc(NN)n1. The maximum atomic E-state index is 5.36. The molecule has 0 spiro atoms. The molecule has 1 atom stereocenters. The first-order valence-electron chi connectivity index (χ1n) is 5.84. The first-order chi connectivity index (χ1) is 8.10. The van der Waals surface area contributed by atoms with Crippen molar-refractivity contribution in [3.63, 3.8) is 0 Å². The van der Waals surface area contributed by atoms with Gasteiger partial charge in [0, 0.05) is 30.9 Å². The van der Waals surface area contributed by atoms with Crippen LogP contribution in [0.15, 0.2) is 6.07 Å². The van der Waals surface area contributed by atoms with Crippen LogP contribution in [-0.2, 0) is 0 Å². The van der Waals surface area contributed by atoms with Gasteiger partial charge in [-0.3, -0.25) is 5.43 Å². The van der Waals surface area contributed by atoms with Crippen molar-refractivity contribution in [1.29, 1.82) is 0 Å². The first kappa shape index (κ1) is 12.1. The van der Waals surface area contributed by atoms with Gasteiger partial charge in [0.05, 0.1) is 0 Å². The van der Waals surface area contributed by atoms with Gasteiger partial charge < -0.3 is 9.80 Å². The fraction of sp³-hybridized carbons (Fsp3) is 0.636. The molecule has 0 radical (unpaired) electrons. The molecule has 1 saturated heterocycles. The van der Waals surface area contributed by atoms with E-state index in [9.17, 15) is 0 Å². The van der Waals surface area contributed by atoms with Crippen LogP contribution in [0.2, 0.25) is 0 Å². The summed E-state index contributed by atoms with van der Waals surface area (Å²) in [4.78, 5) is 13.1. The van der Waals surface area contributed by atoms with Crippen LogP contribution in [0, 0.1) is 6.92 Å². The number of rotatable bonds is 3. The zero-order chi connectivity index (χ0) is 12.4. The predicted octanol–water partition coefficient (Wildman–Crippen LogP) is 0.211. The summed E-state index contributed by atoms with van der Waals surface area (Å²) >= 11 is 0. The number of aromatic nitrogens is 2. The number of aryl methyl sites for hydroxylation is 1. The molecular formula is C11H20N6. The van der Waals surface area contributed by atoms with E-state index in [1.54, 1.807) is 0 Å². The van der Waals surface area contributed by atoms with Crippen molar-refractivity contribution in [2.45, 2.75) is 19.4 Å². The smallest absolute Gasteiger partial charge is 0.239 e. The normalized spacial score (nSPS) is 20.1. The molecule has 0 amide bonds. The Morgan fingerprint density at radius 1 is 1.47 bits per heavy atom. The third-order valence-electron chi connectivity index (χ3n) is 3.19. The molecule has 0 aromatic carbocycles. The fourth-order valence-electron chi connectivity index (χ4n) is 2.15. The minimum absolute atomic E-state index is 0.480. The molecule has 0 bridgehead atoms. The average Bonchev–Trinajstić information content (AvgIpc) is 2.77. The van der Waals surface area contributed by atoms with Crippen LogP contribution < -0.4 is 16.2 Å². The van der Waals surface area contributed by atoms with Crippen molar-refractivity contribution in [3.8, 4) is 0 Å². The highest BCUT2D eigenvalue weighted by Crippen LogP contribution is 2.21. The summed E-state index contributed by atoms with van der Waals surface area (Å²) in [6.45, 7) is 3.99. The van der Waals surface area contributed by atoms with Crippen molar-refractivity contribution in [2.24, 2.45) is 5.84 Å². The van der Waals surface area contributed by atoms with E-state index >= 15 is 0 Å². The number of nitrogens with one attached hydrogen (secondary N) is 1. The molecule has 0 aliphatic carbocycles. The van der Waals surface area contributed by atoms with Gasteiger partial charge in [0.2, 0.25) is 5.95 Å². The number of hydrazine groups is 1. The van der Waals surface area contributed by atoms with Crippen LogP contribution in [0.1, 0.15) is 12.1 Å². The van der Waals surface area contributed by atoms with Gasteiger partial charge in [-0.2, -0.15) is 4.98 Å². The quantitative estimate of drug-likeness (QED) is 0.577. The number of likely N-dealkylation sites (N-methyl/N-ethyl adjacent to an activating group) is 1. The lowest BCUT2D eigenvalue weighted by molar-refractivity contribution is 0.315. The maximum absolute atomic E-state index is 5.36. The van der Waals surface area contributed by atoms with Gasteiger partial charge in [-0.1, -0.05) is 0 Å². The highest BCUT2D eigenvalue weighted by Gasteiger charge is 2.25. The largest absolute Gasteiger partial charge is 0.355 e. The molecule has 2 heterocycles. The van der Waals surface area contributed by atoms with Gasteiger partial charge >= 0.3 is 0 Å². The van der Waals surface area contributed by atoms with Crippen LogP contribution in [0.5, 0.6) is 0 Å². The number of hydrogen-bond donors (Lipinski definition) is 2. The molecule has 0 saturated carbocycles. The second kappa shape index (κ2) is 4.85.